The maximum Gasteiger partial charge on any atom is 0.341 e. The van der Waals surface area contributed by atoms with Gasteiger partial charge in [0.1, 0.15) is 23.9 Å². The van der Waals surface area contributed by atoms with Crippen LogP contribution < -0.4 is 4.74 Å². The molecule has 7 heteroatoms. The summed E-state index contributed by atoms with van der Waals surface area (Å²) in [5, 5.41) is 3.76. The van der Waals surface area contributed by atoms with Crippen molar-refractivity contribution in [3.63, 3.8) is 0 Å². The number of nitrogens with zero attached hydrogens (tertiary/aromatic N) is 1. The summed E-state index contributed by atoms with van der Waals surface area (Å²) in [4.78, 5) is 11.9. The Morgan fingerprint density at radius 2 is 2.13 bits per heavy atom. The van der Waals surface area contributed by atoms with Crippen molar-refractivity contribution in [2.24, 2.45) is 0 Å². The van der Waals surface area contributed by atoms with E-state index in [1.165, 1.54) is 25.5 Å². The molecule has 0 saturated heterocycles. The number of aromatic nitrogens is 1. The van der Waals surface area contributed by atoms with E-state index in [9.17, 15) is 9.18 Å². The molecule has 2 aromatic heterocycles. The number of furan rings is 1. The summed E-state index contributed by atoms with van der Waals surface area (Å²) in [5.74, 6) is -0.273. The summed E-state index contributed by atoms with van der Waals surface area (Å²) < 4.78 is 33.9. The SMILES string of the molecule is COc1ccc(C(=O)OCc2cc(-c3ccco3)on2)c(F)c1. The Kier molecular flexibility index (Phi) is 4.09. The molecule has 118 valence electrons. The van der Waals surface area contributed by atoms with Gasteiger partial charge in [-0.15, -0.1) is 0 Å². The largest absolute Gasteiger partial charge is 0.497 e. The molecule has 0 unspecified atom stereocenters. The van der Waals surface area contributed by atoms with Gasteiger partial charge in [0.2, 0.25) is 5.76 Å². The lowest BCUT2D eigenvalue weighted by atomic mass is 10.2. The van der Waals surface area contributed by atoms with E-state index in [2.05, 4.69) is 5.16 Å². The number of hydrogen-bond acceptors (Lipinski definition) is 6. The lowest BCUT2D eigenvalue weighted by Gasteiger charge is -2.05. The van der Waals surface area contributed by atoms with Crippen LogP contribution in [0.5, 0.6) is 5.75 Å². The normalized spacial score (nSPS) is 10.5. The lowest BCUT2D eigenvalue weighted by molar-refractivity contribution is 0.0459. The van der Waals surface area contributed by atoms with E-state index >= 15 is 0 Å². The van der Waals surface area contributed by atoms with Crippen molar-refractivity contribution in [3.05, 3.63) is 59.7 Å². The Morgan fingerprint density at radius 3 is 2.83 bits per heavy atom. The predicted molar refractivity (Wildman–Crippen MR) is 76.3 cm³/mol. The highest BCUT2D eigenvalue weighted by Crippen LogP contribution is 2.21. The van der Waals surface area contributed by atoms with E-state index in [4.69, 9.17) is 18.4 Å². The number of carbonyl (C=O) groups is 1. The molecule has 1 aromatic carbocycles. The predicted octanol–water partition coefficient (Wildman–Crippen LogP) is 3.44. The van der Waals surface area contributed by atoms with Gasteiger partial charge in [-0.3, -0.25) is 0 Å². The Bertz CT molecular complexity index is 810. The first kappa shape index (κ1) is 14.8. The Morgan fingerprint density at radius 1 is 1.26 bits per heavy atom. The summed E-state index contributed by atoms with van der Waals surface area (Å²) in [5.41, 5.74) is 0.208. The van der Waals surface area contributed by atoms with Crippen LogP contribution in [0.4, 0.5) is 4.39 Å². The third-order valence-electron chi connectivity index (χ3n) is 3.07. The van der Waals surface area contributed by atoms with Crippen LogP contribution >= 0.6 is 0 Å². The average molecular weight is 317 g/mol. The maximum absolute atomic E-state index is 13.8. The molecule has 0 aliphatic heterocycles. The quantitative estimate of drug-likeness (QED) is 0.671. The fourth-order valence-corrected chi connectivity index (χ4v) is 1.92. The molecule has 0 amide bonds. The number of ether oxygens (including phenoxy) is 2. The van der Waals surface area contributed by atoms with E-state index in [1.807, 2.05) is 0 Å². The summed E-state index contributed by atoms with van der Waals surface area (Å²) in [6.07, 6.45) is 1.50. The van der Waals surface area contributed by atoms with Crippen LogP contribution in [0, 0.1) is 5.82 Å². The highest BCUT2D eigenvalue weighted by molar-refractivity contribution is 5.89. The topological polar surface area (TPSA) is 74.7 Å². The van der Waals surface area contributed by atoms with Crippen molar-refractivity contribution in [2.45, 2.75) is 6.61 Å². The van der Waals surface area contributed by atoms with Gasteiger partial charge in [0.05, 0.1) is 18.9 Å². The molecule has 2 heterocycles. The second-order valence-electron chi connectivity index (χ2n) is 4.58. The molecule has 0 aliphatic carbocycles. The monoisotopic (exact) mass is 317 g/mol. The number of esters is 1. The molecular formula is C16H12FNO5. The van der Waals surface area contributed by atoms with E-state index < -0.39 is 11.8 Å². The van der Waals surface area contributed by atoms with Crippen LogP contribution in [-0.2, 0) is 11.3 Å². The molecule has 0 N–H and O–H groups in total. The number of carbonyl (C=O) groups excluding carboxylic acids is 1. The van der Waals surface area contributed by atoms with Gasteiger partial charge in [0.15, 0.2) is 5.76 Å². The molecule has 0 aliphatic rings. The summed E-state index contributed by atoms with van der Waals surface area (Å²) >= 11 is 0. The minimum Gasteiger partial charge on any atom is -0.497 e. The van der Waals surface area contributed by atoms with E-state index in [1.54, 1.807) is 18.2 Å². The number of hydrogen-bond donors (Lipinski definition) is 0. The molecule has 0 atom stereocenters. The summed E-state index contributed by atoms with van der Waals surface area (Å²) in [6, 6.07) is 8.89. The molecule has 0 bridgehead atoms. The minimum absolute atomic E-state index is 0.144. The minimum atomic E-state index is -0.798. The number of benzene rings is 1. The molecular weight excluding hydrogens is 305 g/mol. The van der Waals surface area contributed by atoms with E-state index in [0.717, 1.165) is 6.07 Å². The molecule has 0 spiro atoms. The molecule has 0 saturated carbocycles. The number of halogens is 1. The number of rotatable bonds is 5. The first-order valence-corrected chi connectivity index (χ1v) is 6.67. The molecule has 6 nitrogen and oxygen atoms in total. The first-order valence-electron chi connectivity index (χ1n) is 6.67. The molecule has 23 heavy (non-hydrogen) atoms. The fourth-order valence-electron chi connectivity index (χ4n) is 1.92. The molecule has 0 radical (unpaired) electrons. The maximum atomic E-state index is 13.8. The van der Waals surface area contributed by atoms with Crippen LogP contribution in [0.2, 0.25) is 0 Å². The Labute approximate surface area is 130 Å². The molecule has 3 rings (SSSR count). The van der Waals surface area contributed by atoms with Crippen LogP contribution in [0.1, 0.15) is 16.1 Å². The van der Waals surface area contributed by atoms with Crippen LogP contribution in [0.25, 0.3) is 11.5 Å². The smallest absolute Gasteiger partial charge is 0.341 e. The van der Waals surface area contributed by atoms with Gasteiger partial charge in [0, 0.05) is 12.1 Å². The third-order valence-corrected chi connectivity index (χ3v) is 3.07. The molecule has 3 aromatic rings. The van der Waals surface area contributed by atoms with Gasteiger partial charge in [-0.25, -0.2) is 9.18 Å². The second kappa shape index (κ2) is 6.35. The zero-order chi connectivity index (χ0) is 16.2. The highest BCUT2D eigenvalue weighted by atomic mass is 19.1. The average Bonchev–Trinajstić information content (AvgIpc) is 3.23. The molecule has 0 fully saturated rings. The van der Waals surface area contributed by atoms with Crippen molar-refractivity contribution in [2.75, 3.05) is 7.11 Å². The van der Waals surface area contributed by atoms with E-state index in [0.29, 0.717) is 23.0 Å². The van der Waals surface area contributed by atoms with E-state index in [-0.39, 0.29) is 12.2 Å². The lowest BCUT2D eigenvalue weighted by Crippen LogP contribution is -2.07. The fraction of sp³-hybridized carbons (Fsp3) is 0.125. The first-order chi connectivity index (χ1) is 11.2. The zero-order valence-electron chi connectivity index (χ0n) is 12.1. The third kappa shape index (κ3) is 3.23. The van der Waals surface area contributed by atoms with Crippen LogP contribution in [-0.4, -0.2) is 18.2 Å². The summed E-state index contributed by atoms with van der Waals surface area (Å²) in [7, 11) is 1.41. The van der Waals surface area contributed by atoms with Gasteiger partial charge in [-0.2, -0.15) is 0 Å². The van der Waals surface area contributed by atoms with Gasteiger partial charge in [-0.1, -0.05) is 5.16 Å². The Hall–Kier alpha value is -3.09. The highest BCUT2D eigenvalue weighted by Gasteiger charge is 2.16. The Balaban J connectivity index is 1.65. The zero-order valence-corrected chi connectivity index (χ0v) is 12.1. The van der Waals surface area contributed by atoms with Gasteiger partial charge in [0.25, 0.3) is 0 Å². The summed E-state index contributed by atoms with van der Waals surface area (Å²) in [6.45, 7) is -0.144. The van der Waals surface area contributed by atoms with Crippen LogP contribution in [0.3, 0.4) is 0 Å². The second-order valence-corrected chi connectivity index (χ2v) is 4.58. The van der Waals surface area contributed by atoms with Crippen LogP contribution in [0.15, 0.2) is 51.6 Å². The standard InChI is InChI=1S/C16H12FNO5/c1-20-11-4-5-12(13(17)8-11)16(19)22-9-10-7-15(23-18-10)14-3-2-6-21-14/h2-8H,9H2,1H3. The van der Waals surface area contributed by atoms with Crippen molar-refractivity contribution < 1.29 is 27.6 Å². The van der Waals surface area contributed by atoms with Gasteiger partial charge in [-0.05, 0) is 24.3 Å². The van der Waals surface area contributed by atoms with Crippen molar-refractivity contribution in [1.29, 1.82) is 0 Å². The van der Waals surface area contributed by atoms with Gasteiger partial charge < -0.3 is 18.4 Å². The van der Waals surface area contributed by atoms with Crippen molar-refractivity contribution >= 4 is 5.97 Å². The van der Waals surface area contributed by atoms with Crippen molar-refractivity contribution in [3.8, 4) is 17.3 Å². The van der Waals surface area contributed by atoms with Gasteiger partial charge >= 0.3 is 5.97 Å². The van der Waals surface area contributed by atoms with Crippen molar-refractivity contribution in [1.82, 2.24) is 5.16 Å². The number of methoxy groups -OCH3 is 1.